The molecule has 2 aromatic carbocycles. The summed E-state index contributed by atoms with van der Waals surface area (Å²) in [5.41, 5.74) is 1.76. The summed E-state index contributed by atoms with van der Waals surface area (Å²) in [7, 11) is -0.637. The van der Waals surface area contributed by atoms with E-state index < -0.39 is 10.0 Å². The van der Waals surface area contributed by atoms with Gasteiger partial charge in [-0.15, -0.1) is 0 Å². The van der Waals surface area contributed by atoms with Gasteiger partial charge in [0.15, 0.2) is 0 Å². The Labute approximate surface area is 158 Å². The van der Waals surface area contributed by atoms with Gasteiger partial charge in [0.2, 0.25) is 10.0 Å². The van der Waals surface area contributed by atoms with Crippen LogP contribution in [-0.2, 0) is 16.6 Å². The molecule has 8 heteroatoms. The van der Waals surface area contributed by atoms with Crippen LogP contribution in [0.3, 0.4) is 0 Å². The van der Waals surface area contributed by atoms with E-state index >= 15 is 0 Å². The molecule has 1 amide bonds. The third-order valence-corrected chi connectivity index (χ3v) is 5.95. The fourth-order valence-electron chi connectivity index (χ4n) is 2.54. The fraction of sp³-hybridized carbons (Fsp3) is 0.158. The average molecular weight is 384 g/mol. The molecule has 0 unspecified atom stereocenters. The molecule has 0 bridgehead atoms. The zero-order valence-electron chi connectivity index (χ0n) is 15.0. The summed E-state index contributed by atoms with van der Waals surface area (Å²) in [4.78, 5) is 12.6. The van der Waals surface area contributed by atoms with Gasteiger partial charge in [0.25, 0.3) is 5.91 Å². The average Bonchev–Trinajstić information content (AvgIpc) is 3.17. The second kappa shape index (κ2) is 7.73. The first-order valence-electron chi connectivity index (χ1n) is 8.28. The van der Waals surface area contributed by atoms with Crippen LogP contribution in [0.2, 0.25) is 0 Å². The highest BCUT2D eigenvalue weighted by Crippen LogP contribution is 2.18. The van der Waals surface area contributed by atoms with E-state index in [9.17, 15) is 13.2 Å². The van der Waals surface area contributed by atoms with Crippen LogP contribution in [0.25, 0.3) is 5.69 Å². The highest BCUT2D eigenvalue weighted by molar-refractivity contribution is 7.89. The van der Waals surface area contributed by atoms with Gasteiger partial charge in [0.1, 0.15) is 0 Å². The van der Waals surface area contributed by atoms with Crippen molar-refractivity contribution in [2.75, 3.05) is 14.1 Å². The molecule has 0 aliphatic carbocycles. The quantitative estimate of drug-likeness (QED) is 0.705. The number of para-hydroxylation sites is 1. The molecule has 0 fully saturated rings. The van der Waals surface area contributed by atoms with E-state index in [4.69, 9.17) is 0 Å². The molecule has 7 nitrogen and oxygen atoms in total. The topological polar surface area (TPSA) is 84.3 Å². The minimum atomic E-state index is -3.59. The van der Waals surface area contributed by atoms with Gasteiger partial charge in [-0.3, -0.25) is 4.79 Å². The summed E-state index contributed by atoms with van der Waals surface area (Å²) in [5.74, 6) is -0.325. The molecule has 1 heterocycles. The number of hydrogen-bond acceptors (Lipinski definition) is 4. The number of carbonyl (C=O) groups is 1. The number of nitrogens with one attached hydrogen (secondary N) is 1. The molecule has 27 heavy (non-hydrogen) atoms. The minimum absolute atomic E-state index is 0.0958. The van der Waals surface area contributed by atoms with E-state index in [0.717, 1.165) is 9.99 Å². The van der Waals surface area contributed by atoms with Gasteiger partial charge in [-0.25, -0.2) is 17.4 Å². The van der Waals surface area contributed by atoms with Gasteiger partial charge < -0.3 is 5.32 Å². The number of nitrogens with zero attached hydrogens (tertiary/aromatic N) is 3. The lowest BCUT2D eigenvalue weighted by Crippen LogP contribution is -2.27. The molecule has 140 valence electrons. The van der Waals surface area contributed by atoms with Crippen molar-refractivity contribution in [2.24, 2.45) is 0 Å². The highest BCUT2D eigenvalue weighted by atomic mass is 32.2. The van der Waals surface area contributed by atoms with Crippen molar-refractivity contribution >= 4 is 15.9 Å². The van der Waals surface area contributed by atoms with Crippen molar-refractivity contribution in [1.29, 1.82) is 0 Å². The molecule has 0 saturated heterocycles. The molecular formula is C19H20N4O3S. The molecule has 3 rings (SSSR count). The van der Waals surface area contributed by atoms with Crippen molar-refractivity contribution in [3.8, 4) is 5.69 Å². The molecule has 0 spiro atoms. The number of hydrogen-bond donors (Lipinski definition) is 1. The molecular weight excluding hydrogens is 364 g/mol. The van der Waals surface area contributed by atoms with Crippen molar-refractivity contribution in [3.63, 3.8) is 0 Å². The molecule has 0 aliphatic heterocycles. The largest absolute Gasteiger partial charge is 0.348 e. The van der Waals surface area contributed by atoms with Crippen molar-refractivity contribution in [3.05, 3.63) is 78.1 Å². The second-order valence-corrected chi connectivity index (χ2v) is 8.21. The number of amides is 1. The Balaban J connectivity index is 1.75. The third-order valence-electron chi connectivity index (χ3n) is 4.04. The highest BCUT2D eigenvalue weighted by Gasteiger charge is 2.21. The van der Waals surface area contributed by atoms with Gasteiger partial charge in [-0.05, 0) is 23.8 Å². The van der Waals surface area contributed by atoms with Gasteiger partial charge >= 0.3 is 0 Å². The van der Waals surface area contributed by atoms with E-state index in [1.165, 1.54) is 26.4 Å². The van der Waals surface area contributed by atoms with Crippen LogP contribution in [0, 0.1) is 0 Å². The van der Waals surface area contributed by atoms with Crippen LogP contribution in [0.1, 0.15) is 15.9 Å². The normalized spacial score (nSPS) is 11.5. The van der Waals surface area contributed by atoms with Gasteiger partial charge in [0, 0.05) is 26.8 Å². The summed E-state index contributed by atoms with van der Waals surface area (Å²) < 4.78 is 27.6. The Morgan fingerprint density at radius 3 is 2.44 bits per heavy atom. The maximum atomic E-state index is 12.4. The molecule has 0 radical (unpaired) electrons. The number of aromatic nitrogens is 2. The fourth-order valence-corrected chi connectivity index (χ4v) is 3.65. The molecule has 0 saturated carbocycles. The number of rotatable bonds is 6. The molecule has 1 aromatic heterocycles. The van der Waals surface area contributed by atoms with Crippen LogP contribution in [0.4, 0.5) is 0 Å². The lowest BCUT2D eigenvalue weighted by Gasteiger charge is -2.15. The maximum absolute atomic E-state index is 12.4. The standard InChI is InChI=1S/C19H20N4O3S/c1-22(2)27(25,26)18-11-7-6-8-15(18)12-20-19(24)16-13-21-23(14-16)17-9-4-3-5-10-17/h3-11,13-14H,12H2,1-2H3,(H,20,24). The summed E-state index contributed by atoms with van der Waals surface area (Å²) in [6.07, 6.45) is 3.11. The van der Waals surface area contributed by atoms with Crippen LogP contribution in [0.15, 0.2) is 71.9 Å². The monoisotopic (exact) mass is 384 g/mol. The Bertz CT molecular complexity index is 1040. The Morgan fingerprint density at radius 2 is 1.74 bits per heavy atom. The minimum Gasteiger partial charge on any atom is -0.348 e. The van der Waals surface area contributed by atoms with E-state index in [0.29, 0.717) is 11.1 Å². The lowest BCUT2D eigenvalue weighted by atomic mass is 10.2. The smallest absolute Gasteiger partial charge is 0.254 e. The first kappa shape index (κ1) is 18.8. The Morgan fingerprint density at radius 1 is 1.07 bits per heavy atom. The van der Waals surface area contributed by atoms with Crippen LogP contribution in [-0.4, -0.2) is 42.5 Å². The summed E-state index contributed by atoms with van der Waals surface area (Å²) in [6.45, 7) is 0.0958. The second-order valence-electron chi connectivity index (χ2n) is 6.09. The molecule has 1 N–H and O–H groups in total. The van der Waals surface area contributed by atoms with E-state index in [1.54, 1.807) is 29.1 Å². The first-order valence-corrected chi connectivity index (χ1v) is 9.72. The SMILES string of the molecule is CN(C)S(=O)(=O)c1ccccc1CNC(=O)c1cnn(-c2ccccc2)c1. The zero-order valence-corrected chi connectivity index (χ0v) is 15.8. The molecule has 0 aliphatic rings. The first-order chi connectivity index (χ1) is 12.9. The Hall–Kier alpha value is -2.97. The number of carbonyl (C=O) groups excluding carboxylic acids is 1. The van der Waals surface area contributed by atoms with E-state index in [-0.39, 0.29) is 17.3 Å². The lowest BCUT2D eigenvalue weighted by molar-refractivity contribution is 0.0950. The van der Waals surface area contributed by atoms with Crippen molar-refractivity contribution < 1.29 is 13.2 Å². The zero-order chi connectivity index (χ0) is 19.4. The molecule has 3 aromatic rings. The maximum Gasteiger partial charge on any atom is 0.254 e. The van der Waals surface area contributed by atoms with Gasteiger partial charge in [-0.1, -0.05) is 36.4 Å². The predicted octanol–water partition coefficient (Wildman–Crippen LogP) is 2.05. The van der Waals surface area contributed by atoms with Crippen LogP contribution >= 0.6 is 0 Å². The van der Waals surface area contributed by atoms with Gasteiger partial charge in [-0.2, -0.15) is 5.10 Å². The van der Waals surface area contributed by atoms with E-state index in [1.807, 2.05) is 30.3 Å². The summed E-state index contributed by atoms with van der Waals surface area (Å²) in [6, 6.07) is 16.1. The van der Waals surface area contributed by atoms with Gasteiger partial charge in [0.05, 0.1) is 22.3 Å². The Kier molecular flexibility index (Phi) is 5.38. The number of sulfonamides is 1. The predicted molar refractivity (Wildman–Crippen MR) is 102 cm³/mol. The van der Waals surface area contributed by atoms with E-state index in [2.05, 4.69) is 10.4 Å². The van der Waals surface area contributed by atoms with Crippen molar-refractivity contribution in [2.45, 2.75) is 11.4 Å². The molecule has 0 atom stereocenters. The summed E-state index contributed by atoms with van der Waals surface area (Å²) in [5, 5.41) is 6.95. The third kappa shape index (κ3) is 4.07. The van der Waals surface area contributed by atoms with Crippen LogP contribution in [0.5, 0.6) is 0 Å². The van der Waals surface area contributed by atoms with Crippen molar-refractivity contribution in [1.82, 2.24) is 19.4 Å². The van der Waals surface area contributed by atoms with Crippen LogP contribution < -0.4 is 5.32 Å². The summed E-state index contributed by atoms with van der Waals surface area (Å²) >= 11 is 0. The number of benzene rings is 2.